The summed E-state index contributed by atoms with van der Waals surface area (Å²) in [6.45, 7) is 7.21. The van der Waals surface area contributed by atoms with Gasteiger partial charge in [-0.1, -0.05) is 29.8 Å². The SMILES string of the molecule is Cc1ccc(-c2nc(CNC(C)(C)CCO)cs2)cc1. The van der Waals surface area contributed by atoms with E-state index in [2.05, 4.69) is 60.7 Å². The van der Waals surface area contributed by atoms with Crippen LogP contribution in [0.25, 0.3) is 10.6 Å². The van der Waals surface area contributed by atoms with Crippen LogP contribution in [-0.2, 0) is 6.54 Å². The van der Waals surface area contributed by atoms with E-state index in [1.807, 2.05) is 0 Å². The number of nitrogens with zero attached hydrogens (tertiary/aromatic N) is 1. The molecule has 1 aromatic carbocycles. The molecule has 0 saturated carbocycles. The fourth-order valence-corrected chi connectivity index (χ4v) is 2.74. The van der Waals surface area contributed by atoms with Crippen molar-refractivity contribution in [3.63, 3.8) is 0 Å². The topological polar surface area (TPSA) is 45.2 Å². The van der Waals surface area contributed by atoms with Crippen molar-refractivity contribution in [3.8, 4) is 10.6 Å². The van der Waals surface area contributed by atoms with Crippen molar-refractivity contribution in [2.45, 2.75) is 39.3 Å². The van der Waals surface area contributed by atoms with Crippen molar-refractivity contribution in [2.75, 3.05) is 6.61 Å². The number of thiazole rings is 1. The van der Waals surface area contributed by atoms with E-state index in [-0.39, 0.29) is 12.1 Å². The molecular weight excluding hydrogens is 268 g/mol. The first kappa shape index (κ1) is 15.2. The molecule has 0 spiro atoms. The van der Waals surface area contributed by atoms with Gasteiger partial charge in [0.2, 0.25) is 0 Å². The van der Waals surface area contributed by atoms with Crippen molar-refractivity contribution in [1.29, 1.82) is 0 Å². The second kappa shape index (κ2) is 6.48. The molecule has 0 radical (unpaired) electrons. The van der Waals surface area contributed by atoms with Crippen LogP contribution in [0.5, 0.6) is 0 Å². The van der Waals surface area contributed by atoms with Gasteiger partial charge in [0.05, 0.1) is 5.69 Å². The number of aliphatic hydroxyl groups is 1. The Labute approximate surface area is 124 Å². The Morgan fingerprint density at radius 3 is 2.60 bits per heavy atom. The molecule has 2 aromatic rings. The molecule has 0 aliphatic carbocycles. The van der Waals surface area contributed by atoms with Crippen LogP contribution < -0.4 is 5.32 Å². The fraction of sp³-hybridized carbons (Fsp3) is 0.438. The molecule has 0 unspecified atom stereocenters. The Morgan fingerprint density at radius 2 is 1.95 bits per heavy atom. The molecule has 0 aliphatic heterocycles. The van der Waals surface area contributed by atoms with Gasteiger partial charge in [-0.25, -0.2) is 4.98 Å². The van der Waals surface area contributed by atoms with Gasteiger partial charge in [-0.15, -0.1) is 11.3 Å². The summed E-state index contributed by atoms with van der Waals surface area (Å²) in [6.07, 6.45) is 0.738. The van der Waals surface area contributed by atoms with Crippen LogP contribution in [0.15, 0.2) is 29.6 Å². The van der Waals surface area contributed by atoms with Crippen molar-refractivity contribution in [2.24, 2.45) is 0 Å². The lowest BCUT2D eigenvalue weighted by molar-refractivity contribution is 0.229. The molecule has 0 aliphatic rings. The van der Waals surface area contributed by atoms with Gasteiger partial charge in [-0.3, -0.25) is 0 Å². The second-order valence-corrected chi connectivity index (χ2v) is 6.58. The van der Waals surface area contributed by atoms with E-state index in [1.54, 1.807) is 11.3 Å². The van der Waals surface area contributed by atoms with E-state index < -0.39 is 0 Å². The average Bonchev–Trinajstić information content (AvgIpc) is 2.86. The highest BCUT2D eigenvalue weighted by Crippen LogP contribution is 2.24. The lowest BCUT2D eigenvalue weighted by Gasteiger charge is -2.24. The van der Waals surface area contributed by atoms with Gasteiger partial charge in [0.1, 0.15) is 5.01 Å². The Balaban J connectivity index is 2.00. The number of aryl methyl sites for hydroxylation is 1. The van der Waals surface area contributed by atoms with Crippen LogP contribution in [0.1, 0.15) is 31.5 Å². The van der Waals surface area contributed by atoms with E-state index in [4.69, 9.17) is 5.11 Å². The first-order chi connectivity index (χ1) is 9.50. The third kappa shape index (κ3) is 4.13. The van der Waals surface area contributed by atoms with Gasteiger partial charge < -0.3 is 10.4 Å². The molecule has 0 amide bonds. The Morgan fingerprint density at radius 1 is 1.25 bits per heavy atom. The van der Waals surface area contributed by atoms with Crippen molar-refractivity contribution < 1.29 is 5.11 Å². The number of rotatable bonds is 6. The van der Waals surface area contributed by atoms with E-state index in [0.717, 1.165) is 23.7 Å². The van der Waals surface area contributed by atoms with Gasteiger partial charge in [-0.2, -0.15) is 0 Å². The molecule has 20 heavy (non-hydrogen) atoms. The predicted octanol–water partition coefficient (Wildman–Crippen LogP) is 3.37. The maximum atomic E-state index is 9.02. The Hall–Kier alpha value is -1.23. The minimum absolute atomic E-state index is 0.0671. The van der Waals surface area contributed by atoms with Crippen LogP contribution in [-0.4, -0.2) is 22.2 Å². The molecule has 0 atom stereocenters. The van der Waals surface area contributed by atoms with Crippen LogP contribution >= 0.6 is 11.3 Å². The molecule has 0 bridgehead atoms. The van der Waals surface area contributed by atoms with Crippen LogP contribution in [0.3, 0.4) is 0 Å². The van der Waals surface area contributed by atoms with E-state index >= 15 is 0 Å². The Kier molecular flexibility index (Phi) is 4.91. The standard InChI is InChI=1S/C16H22N2OS/c1-12-4-6-13(7-5-12)15-18-14(11-20-15)10-17-16(2,3)8-9-19/h4-7,11,17,19H,8-10H2,1-3H3. The molecule has 3 nitrogen and oxygen atoms in total. The minimum Gasteiger partial charge on any atom is -0.396 e. The molecule has 2 N–H and O–H groups in total. The lowest BCUT2D eigenvalue weighted by atomic mass is 10.0. The smallest absolute Gasteiger partial charge is 0.123 e. The van der Waals surface area contributed by atoms with Gasteiger partial charge in [0.15, 0.2) is 0 Å². The molecule has 1 heterocycles. The molecule has 1 aromatic heterocycles. The third-order valence-electron chi connectivity index (χ3n) is 3.34. The van der Waals surface area contributed by atoms with Crippen LogP contribution in [0.2, 0.25) is 0 Å². The first-order valence-corrected chi connectivity index (χ1v) is 7.75. The van der Waals surface area contributed by atoms with Crippen LogP contribution in [0, 0.1) is 6.92 Å². The van der Waals surface area contributed by atoms with E-state index in [1.165, 1.54) is 11.1 Å². The maximum absolute atomic E-state index is 9.02. The highest BCUT2D eigenvalue weighted by Gasteiger charge is 2.16. The predicted molar refractivity (Wildman–Crippen MR) is 84.9 cm³/mol. The molecule has 4 heteroatoms. The highest BCUT2D eigenvalue weighted by molar-refractivity contribution is 7.13. The fourth-order valence-electron chi connectivity index (χ4n) is 1.91. The summed E-state index contributed by atoms with van der Waals surface area (Å²) in [6, 6.07) is 8.44. The molecule has 2 rings (SSSR count). The van der Waals surface area contributed by atoms with Crippen LogP contribution in [0.4, 0.5) is 0 Å². The molecule has 108 valence electrons. The summed E-state index contributed by atoms with van der Waals surface area (Å²) in [7, 11) is 0. The first-order valence-electron chi connectivity index (χ1n) is 6.87. The number of aliphatic hydroxyl groups excluding tert-OH is 1. The summed E-state index contributed by atoms with van der Waals surface area (Å²) in [5.41, 5.74) is 3.42. The number of nitrogens with one attached hydrogen (secondary N) is 1. The number of hydrogen-bond acceptors (Lipinski definition) is 4. The van der Waals surface area contributed by atoms with E-state index in [0.29, 0.717) is 0 Å². The zero-order chi connectivity index (χ0) is 14.6. The number of aromatic nitrogens is 1. The monoisotopic (exact) mass is 290 g/mol. The number of benzene rings is 1. The van der Waals surface area contributed by atoms with Crippen molar-refractivity contribution in [3.05, 3.63) is 40.9 Å². The van der Waals surface area contributed by atoms with E-state index in [9.17, 15) is 0 Å². The van der Waals surface area contributed by atoms with Gasteiger partial charge in [0.25, 0.3) is 0 Å². The van der Waals surface area contributed by atoms with Gasteiger partial charge >= 0.3 is 0 Å². The Bertz CT molecular complexity index is 546. The molecule has 0 fully saturated rings. The van der Waals surface area contributed by atoms with Gasteiger partial charge in [-0.05, 0) is 27.2 Å². The largest absolute Gasteiger partial charge is 0.396 e. The summed E-state index contributed by atoms with van der Waals surface area (Å²) >= 11 is 1.67. The zero-order valence-corrected chi connectivity index (χ0v) is 13.1. The minimum atomic E-state index is -0.0671. The normalized spacial score (nSPS) is 11.8. The lowest BCUT2D eigenvalue weighted by Crippen LogP contribution is -2.39. The highest BCUT2D eigenvalue weighted by atomic mass is 32.1. The quantitative estimate of drug-likeness (QED) is 0.857. The molecular formula is C16H22N2OS. The maximum Gasteiger partial charge on any atom is 0.123 e. The summed E-state index contributed by atoms with van der Waals surface area (Å²) in [4.78, 5) is 4.67. The van der Waals surface area contributed by atoms with Gasteiger partial charge in [0, 0.05) is 29.6 Å². The summed E-state index contributed by atoms with van der Waals surface area (Å²) in [5.74, 6) is 0. The second-order valence-electron chi connectivity index (χ2n) is 5.72. The van der Waals surface area contributed by atoms with Crippen molar-refractivity contribution in [1.82, 2.24) is 10.3 Å². The summed E-state index contributed by atoms with van der Waals surface area (Å²) in [5, 5.41) is 15.6. The third-order valence-corrected chi connectivity index (χ3v) is 4.28. The zero-order valence-electron chi connectivity index (χ0n) is 12.3. The summed E-state index contributed by atoms with van der Waals surface area (Å²) < 4.78 is 0. The average molecular weight is 290 g/mol. The molecule has 0 saturated heterocycles. The van der Waals surface area contributed by atoms with Crippen molar-refractivity contribution >= 4 is 11.3 Å². The number of hydrogen-bond donors (Lipinski definition) is 2.